The van der Waals surface area contributed by atoms with Gasteiger partial charge < -0.3 is 15.0 Å². The van der Waals surface area contributed by atoms with Crippen LogP contribution in [0, 0.1) is 12.3 Å². The number of imidazole rings is 1. The number of hydrogen-bond acceptors (Lipinski definition) is 4. The third-order valence-electron chi connectivity index (χ3n) is 5.55. The number of aryl methyl sites for hydroxylation is 1. The minimum Gasteiger partial charge on any atom is -0.381 e. The fourth-order valence-corrected chi connectivity index (χ4v) is 3.95. The highest BCUT2D eigenvalue weighted by Gasteiger charge is 2.42. The highest BCUT2D eigenvalue weighted by Crippen LogP contribution is 2.38. The van der Waals surface area contributed by atoms with Gasteiger partial charge in [-0.3, -0.25) is 4.57 Å². The second-order valence-electron chi connectivity index (χ2n) is 7.51. The maximum absolute atomic E-state index is 5.65. The topological polar surface area (TPSA) is 67.6 Å². The normalized spacial score (nSPS) is 21.9. The van der Waals surface area contributed by atoms with Gasteiger partial charge in [-0.15, -0.1) is 24.0 Å². The van der Waals surface area contributed by atoms with E-state index in [0.717, 1.165) is 56.0 Å². The van der Waals surface area contributed by atoms with Crippen LogP contribution in [0.4, 0.5) is 0 Å². The Morgan fingerprint density at radius 3 is 2.86 bits per heavy atom. The first-order valence-corrected chi connectivity index (χ1v) is 9.75. The van der Waals surface area contributed by atoms with Crippen LogP contribution in [0.1, 0.15) is 31.2 Å². The number of aromatic nitrogens is 3. The van der Waals surface area contributed by atoms with Crippen LogP contribution in [0.3, 0.4) is 0 Å². The molecule has 8 heteroatoms. The van der Waals surface area contributed by atoms with Crippen LogP contribution in [0.5, 0.6) is 0 Å². The van der Waals surface area contributed by atoms with Crippen LogP contribution < -0.4 is 5.32 Å². The minimum absolute atomic E-state index is 0. The molecule has 2 aromatic rings. The van der Waals surface area contributed by atoms with Gasteiger partial charge in [0, 0.05) is 50.2 Å². The lowest BCUT2D eigenvalue weighted by Crippen LogP contribution is -2.41. The second kappa shape index (κ2) is 9.21. The monoisotopic (exact) mass is 496 g/mol. The molecule has 2 fully saturated rings. The molecule has 2 aliphatic heterocycles. The van der Waals surface area contributed by atoms with Gasteiger partial charge >= 0.3 is 0 Å². The molecule has 2 saturated heterocycles. The Balaban J connectivity index is 0.00000225. The third kappa shape index (κ3) is 4.48. The molecule has 1 spiro atoms. The fraction of sp³-hybridized carbons (Fsp3) is 0.550. The van der Waals surface area contributed by atoms with Gasteiger partial charge in [-0.05, 0) is 38.3 Å². The molecule has 2 aromatic heterocycles. The van der Waals surface area contributed by atoms with Crippen molar-refractivity contribution in [2.45, 2.75) is 33.2 Å². The molecule has 1 N–H and O–H groups in total. The standard InChI is InChI=1S/C20H28N6O.HI/c1-3-21-19(25-9-6-20(14-25)7-11-27-15-20)24-13-17-4-5-18(23-12-17)26-10-8-22-16(26)2;/h4-5,8,10,12H,3,6-7,9,11,13-15H2,1-2H3,(H,21,24);1H. The molecule has 0 aliphatic carbocycles. The first kappa shape index (κ1) is 21.0. The number of rotatable bonds is 4. The summed E-state index contributed by atoms with van der Waals surface area (Å²) in [6.07, 6.45) is 7.98. The van der Waals surface area contributed by atoms with Gasteiger partial charge in [0.15, 0.2) is 5.96 Å². The zero-order valence-corrected chi connectivity index (χ0v) is 18.9. The SMILES string of the molecule is CCNC(=NCc1ccc(-n2ccnc2C)nc1)N1CCC2(CCOC2)C1.I. The number of halogens is 1. The number of ether oxygens (including phenoxy) is 1. The predicted octanol–water partition coefficient (Wildman–Crippen LogP) is 2.77. The summed E-state index contributed by atoms with van der Waals surface area (Å²) in [5.41, 5.74) is 1.44. The van der Waals surface area contributed by atoms with E-state index in [4.69, 9.17) is 9.73 Å². The molecular weight excluding hydrogens is 467 g/mol. The molecule has 0 radical (unpaired) electrons. The van der Waals surface area contributed by atoms with Crippen LogP contribution in [-0.4, -0.2) is 58.2 Å². The summed E-state index contributed by atoms with van der Waals surface area (Å²) in [7, 11) is 0. The van der Waals surface area contributed by atoms with Crippen molar-refractivity contribution in [1.82, 2.24) is 24.8 Å². The lowest BCUT2D eigenvalue weighted by molar-refractivity contribution is 0.156. The first-order chi connectivity index (χ1) is 13.2. The minimum atomic E-state index is 0. The quantitative estimate of drug-likeness (QED) is 0.401. The van der Waals surface area contributed by atoms with Gasteiger partial charge in [-0.1, -0.05) is 6.07 Å². The van der Waals surface area contributed by atoms with Crippen molar-refractivity contribution in [2.24, 2.45) is 10.4 Å². The Hall–Kier alpha value is -1.68. The van der Waals surface area contributed by atoms with Crippen molar-refractivity contribution in [2.75, 3.05) is 32.8 Å². The van der Waals surface area contributed by atoms with Crippen molar-refractivity contribution in [3.8, 4) is 5.82 Å². The summed E-state index contributed by atoms with van der Waals surface area (Å²) in [5.74, 6) is 2.81. The van der Waals surface area contributed by atoms with Gasteiger partial charge in [-0.2, -0.15) is 0 Å². The van der Waals surface area contributed by atoms with Crippen LogP contribution >= 0.6 is 24.0 Å². The van der Waals surface area contributed by atoms with E-state index >= 15 is 0 Å². The number of nitrogens with zero attached hydrogens (tertiary/aromatic N) is 5. The van der Waals surface area contributed by atoms with Crippen LogP contribution in [-0.2, 0) is 11.3 Å². The summed E-state index contributed by atoms with van der Waals surface area (Å²) in [4.78, 5) is 16.1. The van der Waals surface area contributed by atoms with Gasteiger partial charge in [0.05, 0.1) is 13.2 Å². The maximum Gasteiger partial charge on any atom is 0.194 e. The van der Waals surface area contributed by atoms with Gasteiger partial charge in [0.2, 0.25) is 0 Å². The molecule has 28 heavy (non-hydrogen) atoms. The van der Waals surface area contributed by atoms with Crippen molar-refractivity contribution in [3.05, 3.63) is 42.1 Å². The van der Waals surface area contributed by atoms with Crippen molar-refractivity contribution < 1.29 is 4.74 Å². The Kier molecular flexibility index (Phi) is 6.92. The fourth-order valence-electron chi connectivity index (χ4n) is 3.95. The Morgan fingerprint density at radius 2 is 2.21 bits per heavy atom. The van der Waals surface area contributed by atoms with E-state index in [1.165, 1.54) is 12.8 Å². The maximum atomic E-state index is 5.65. The molecule has 7 nitrogen and oxygen atoms in total. The number of guanidine groups is 1. The molecule has 2 aliphatic rings. The highest BCUT2D eigenvalue weighted by molar-refractivity contribution is 14.0. The van der Waals surface area contributed by atoms with Crippen LogP contribution in [0.15, 0.2) is 35.7 Å². The molecule has 0 bridgehead atoms. The average Bonchev–Trinajstić information content (AvgIpc) is 3.42. The molecule has 152 valence electrons. The number of pyridine rings is 1. The zero-order valence-electron chi connectivity index (χ0n) is 16.6. The number of likely N-dealkylation sites (tertiary alicyclic amines) is 1. The molecule has 0 saturated carbocycles. The summed E-state index contributed by atoms with van der Waals surface area (Å²) < 4.78 is 7.62. The number of aliphatic imine (C=N–C) groups is 1. The van der Waals surface area contributed by atoms with Crippen LogP contribution in [0.2, 0.25) is 0 Å². The largest absolute Gasteiger partial charge is 0.381 e. The molecule has 1 unspecified atom stereocenters. The molecule has 4 rings (SSSR count). The van der Waals surface area contributed by atoms with E-state index in [9.17, 15) is 0 Å². The first-order valence-electron chi connectivity index (χ1n) is 9.75. The van der Waals surface area contributed by atoms with E-state index in [2.05, 4.69) is 33.2 Å². The Labute approximate surface area is 183 Å². The summed E-state index contributed by atoms with van der Waals surface area (Å²) in [6, 6.07) is 4.11. The smallest absolute Gasteiger partial charge is 0.194 e. The summed E-state index contributed by atoms with van der Waals surface area (Å²) in [5, 5.41) is 3.44. The van der Waals surface area contributed by atoms with E-state index < -0.39 is 0 Å². The van der Waals surface area contributed by atoms with E-state index in [1.54, 1.807) is 6.20 Å². The summed E-state index contributed by atoms with van der Waals surface area (Å²) in [6.45, 7) is 9.46. The van der Waals surface area contributed by atoms with E-state index in [0.29, 0.717) is 12.0 Å². The zero-order chi connectivity index (χ0) is 18.7. The Bertz CT molecular complexity index is 797. The van der Waals surface area contributed by atoms with Gasteiger partial charge in [-0.25, -0.2) is 15.0 Å². The van der Waals surface area contributed by atoms with Crippen LogP contribution in [0.25, 0.3) is 5.82 Å². The molecule has 1 atom stereocenters. The second-order valence-corrected chi connectivity index (χ2v) is 7.51. The number of hydrogen-bond donors (Lipinski definition) is 1. The molecular formula is C20H29IN6O. The van der Waals surface area contributed by atoms with E-state index in [-0.39, 0.29) is 24.0 Å². The van der Waals surface area contributed by atoms with Crippen molar-refractivity contribution in [1.29, 1.82) is 0 Å². The molecule has 4 heterocycles. The van der Waals surface area contributed by atoms with Crippen molar-refractivity contribution in [3.63, 3.8) is 0 Å². The highest BCUT2D eigenvalue weighted by atomic mass is 127. The predicted molar refractivity (Wildman–Crippen MR) is 120 cm³/mol. The average molecular weight is 496 g/mol. The van der Waals surface area contributed by atoms with E-state index in [1.807, 2.05) is 30.0 Å². The third-order valence-corrected chi connectivity index (χ3v) is 5.55. The van der Waals surface area contributed by atoms with Gasteiger partial charge in [0.25, 0.3) is 0 Å². The Morgan fingerprint density at radius 1 is 1.32 bits per heavy atom. The number of nitrogens with one attached hydrogen (secondary N) is 1. The van der Waals surface area contributed by atoms with Crippen molar-refractivity contribution >= 4 is 29.9 Å². The lowest BCUT2D eigenvalue weighted by Gasteiger charge is -2.25. The summed E-state index contributed by atoms with van der Waals surface area (Å²) >= 11 is 0. The molecule has 0 amide bonds. The van der Waals surface area contributed by atoms with Gasteiger partial charge in [0.1, 0.15) is 11.6 Å². The lowest BCUT2D eigenvalue weighted by atomic mass is 9.87. The molecule has 0 aromatic carbocycles.